The molecule has 0 saturated carbocycles. The van der Waals surface area contributed by atoms with Gasteiger partial charge in [0.25, 0.3) is 11.8 Å². The maximum Gasteiger partial charge on any atom is 0.261 e. The first-order valence-electron chi connectivity index (χ1n) is 10.8. The van der Waals surface area contributed by atoms with E-state index in [9.17, 15) is 9.18 Å². The number of benzene rings is 2. The summed E-state index contributed by atoms with van der Waals surface area (Å²) in [5.41, 5.74) is 1.24. The minimum atomic E-state index is -0.516. The smallest absolute Gasteiger partial charge is 0.261 e. The van der Waals surface area contributed by atoms with Crippen molar-refractivity contribution in [2.75, 3.05) is 13.2 Å². The highest BCUT2D eigenvalue weighted by Gasteiger charge is 2.35. The van der Waals surface area contributed by atoms with E-state index in [-0.39, 0.29) is 24.2 Å². The van der Waals surface area contributed by atoms with E-state index in [4.69, 9.17) is 20.9 Å². The van der Waals surface area contributed by atoms with Gasteiger partial charge in [-0.3, -0.25) is 4.79 Å². The van der Waals surface area contributed by atoms with Gasteiger partial charge in [0.1, 0.15) is 0 Å². The van der Waals surface area contributed by atoms with Crippen molar-refractivity contribution in [1.29, 1.82) is 0 Å². The molecule has 0 radical (unpaired) electrons. The monoisotopic (exact) mass is 482 g/mol. The molecule has 2 aromatic carbocycles. The van der Waals surface area contributed by atoms with E-state index in [1.54, 1.807) is 42.2 Å². The summed E-state index contributed by atoms with van der Waals surface area (Å²) >= 11 is 6.20. The zero-order valence-corrected chi connectivity index (χ0v) is 18.9. The van der Waals surface area contributed by atoms with Crippen molar-refractivity contribution in [1.82, 2.24) is 30.0 Å². The molecule has 0 bridgehead atoms. The molecule has 34 heavy (non-hydrogen) atoms. The Morgan fingerprint density at radius 2 is 2.09 bits per heavy atom. The Balaban J connectivity index is 1.47. The zero-order valence-electron chi connectivity index (χ0n) is 18.2. The van der Waals surface area contributed by atoms with Crippen LogP contribution < -0.4 is 4.74 Å². The summed E-state index contributed by atoms with van der Waals surface area (Å²) in [6.07, 6.45) is 4.49. The first-order chi connectivity index (χ1) is 16.6. The van der Waals surface area contributed by atoms with E-state index >= 15 is 0 Å². The van der Waals surface area contributed by atoms with Gasteiger partial charge in [0.2, 0.25) is 0 Å². The molecule has 0 aliphatic carbocycles. The Morgan fingerprint density at radius 1 is 1.26 bits per heavy atom. The van der Waals surface area contributed by atoms with E-state index in [0.29, 0.717) is 40.6 Å². The van der Waals surface area contributed by atoms with Gasteiger partial charge in [-0.15, -0.1) is 0 Å². The van der Waals surface area contributed by atoms with Crippen LogP contribution in [0.25, 0.3) is 17.1 Å². The fourth-order valence-electron chi connectivity index (χ4n) is 4.07. The molecule has 2 aromatic heterocycles. The average Bonchev–Trinajstić information content (AvgIpc) is 3.61. The summed E-state index contributed by atoms with van der Waals surface area (Å²) < 4.78 is 25.2. The van der Waals surface area contributed by atoms with Crippen LogP contribution in [0.1, 0.15) is 42.0 Å². The Labute approximate surface area is 199 Å². The molecule has 0 N–H and O–H groups in total. The molecule has 0 spiro atoms. The predicted octanol–water partition coefficient (Wildman–Crippen LogP) is 4.49. The average molecular weight is 483 g/mol. The van der Waals surface area contributed by atoms with Crippen molar-refractivity contribution >= 4 is 17.5 Å². The van der Waals surface area contributed by atoms with Gasteiger partial charge in [-0.1, -0.05) is 22.8 Å². The van der Waals surface area contributed by atoms with E-state index in [0.717, 1.165) is 6.42 Å². The number of rotatable bonds is 6. The van der Waals surface area contributed by atoms with Gasteiger partial charge in [-0.05, 0) is 50.1 Å². The lowest BCUT2D eigenvalue weighted by Gasteiger charge is -2.23. The van der Waals surface area contributed by atoms with Gasteiger partial charge in [0, 0.05) is 11.6 Å². The lowest BCUT2D eigenvalue weighted by Crippen LogP contribution is -2.32. The summed E-state index contributed by atoms with van der Waals surface area (Å²) in [5.74, 6) is -0.244. The Morgan fingerprint density at radius 3 is 2.88 bits per heavy atom. The van der Waals surface area contributed by atoms with Crippen LogP contribution in [-0.4, -0.2) is 49.1 Å². The molecule has 1 amide bonds. The number of aromatic nitrogens is 5. The number of carbonyl (C=O) groups excluding carboxylic acids is 1. The highest BCUT2D eigenvalue weighted by atomic mass is 35.5. The molecule has 9 nitrogen and oxygen atoms in total. The van der Waals surface area contributed by atoms with Crippen LogP contribution in [0.2, 0.25) is 5.02 Å². The fraction of sp³-hybridized carbons (Fsp3) is 0.261. The standard InChI is InChI=1S/C23H20ClFN6O3/c1-2-33-20-15(5-3-6-17(20)25)22-28-21(29-34-22)19-7-4-12-30(19)23(32)16-13-14(24)8-9-18(16)31-26-10-11-27-31/h3,5-6,8-11,13,19H,2,4,7,12H2,1H3. The molecule has 11 heteroatoms. The Bertz CT molecular complexity index is 1330. The summed E-state index contributed by atoms with van der Waals surface area (Å²) in [6.45, 7) is 2.56. The number of ether oxygens (including phenoxy) is 1. The number of para-hydroxylation sites is 1. The van der Waals surface area contributed by atoms with Gasteiger partial charge >= 0.3 is 0 Å². The number of carbonyl (C=O) groups is 1. The Hall–Kier alpha value is -3.79. The quantitative estimate of drug-likeness (QED) is 0.399. The second kappa shape index (κ2) is 9.22. The van der Waals surface area contributed by atoms with Crippen molar-refractivity contribution in [2.45, 2.75) is 25.8 Å². The van der Waals surface area contributed by atoms with Crippen LogP contribution in [0.4, 0.5) is 4.39 Å². The van der Waals surface area contributed by atoms with Crippen molar-refractivity contribution in [3.8, 4) is 22.9 Å². The summed E-state index contributed by atoms with van der Waals surface area (Å²) in [5, 5.41) is 12.8. The molecule has 3 heterocycles. The predicted molar refractivity (Wildman–Crippen MR) is 120 cm³/mol. The van der Waals surface area contributed by atoms with Gasteiger partial charge in [-0.2, -0.15) is 20.0 Å². The zero-order chi connectivity index (χ0) is 23.7. The van der Waals surface area contributed by atoms with Crippen molar-refractivity contribution in [2.24, 2.45) is 0 Å². The number of halogens is 2. The summed E-state index contributed by atoms with van der Waals surface area (Å²) in [4.78, 5) is 21.1. The molecule has 1 atom stereocenters. The summed E-state index contributed by atoms with van der Waals surface area (Å²) in [6, 6.07) is 9.07. The second-order valence-electron chi connectivity index (χ2n) is 7.64. The van der Waals surface area contributed by atoms with Crippen LogP contribution in [0.5, 0.6) is 5.75 Å². The molecule has 1 fully saturated rings. The third-order valence-corrected chi connectivity index (χ3v) is 5.80. The van der Waals surface area contributed by atoms with Gasteiger partial charge in [-0.25, -0.2) is 4.39 Å². The lowest BCUT2D eigenvalue weighted by atomic mass is 10.1. The Kier molecular flexibility index (Phi) is 5.97. The number of nitrogens with zero attached hydrogens (tertiary/aromatic N) is 6. The number of hydrogen-bond donors (Lipinski definition) is 0. The third-order valence-electron chi connectivity index (χ3n) is 5.56. The molecular formula is C23H20ClFN6O3. The van der Waals surface area contributed by atoms with Crippen molar-refractivity contribution in [3.63, 3.8) is 0 Å². The molecule has 1 aliphatic heterocycles. The van der Waals surface area contributed by atoms with E-state index in [1.165, 1.54) is 23.3 Å². The van der Waals surface area contributed by atoms with E-state index in [2.05, 4.69) is 20.3 Å². The number of amides is 1. The van der Waals surface area contributed by atoms with Crippen molar-refractivity contribution in [3.05, 3.63) is 71.0 Å². The van der Waals surface area contributed by atoms with Crippen LogP contribution >= 0.6 is 11.6 Å². The lowest BCUT2D eigenvalue weighted by molar-refractivity contribution is 0.0728. The highest BCUT2D eigenvalue weighted by Crippen LogP contribution is 2.36. The maximum atomic E-state index is 14.3. The first-order valence-corrected chi connectivity index (χ1v) is 11.2. The molecule has 4 aromatic rings. The van der Waals surface area contributed by atoms with E-state index in [1.807, 2.05) is 0 Å². The number of likely N-dealkylation sites (tertiary alicyclic amines) is 1. The third kappa shape index (κ3) is 4.01. The van der Waals surface area contributed by atoms with Crippen LogP contribution in [0, 0.1) is 5.82 Å². The molecule has 1 unspecified atom stereocenters. The highest BCUT2D eigenvalue weighted by molar-refractivity contribution is 6.31. The van der Waals surface area contributed by atoms with Crippen LogP contribution in [-0.2, 0) is 0 Å². The SMILES string of the molecule is CCOc1c(F)cccc1-c1nc(C2CCCN2C(=O)c2cc(Cl)ccc2-n2nccn2)no1. The topological polar surface area (TPSA) is 99.2 Å². The fourth-order valence-corrected chi connectivity index (χ4v) is 4.25. The maximum absolute atomic E-state index is 14.3. The molecule has 174 valence electrons. The molecular weight excluding hydrogens is 463 g/mol. The van der Waals surface area contributed by atoms with Gasteiger partial charge < -0.3 is 14.2 Å². The summed E-state index contributed by atoms with van der Waals surface area (Å²) in [7, 11) is 0. The first kappa shape index (κ1) is 22.0. The van der Waals surface area contributed by atoms with Crippen LogP contribution in [0.15, 0.2) is 53.3 Å². The number of hydrogen-bond acceptors (Lipinski definition) is 7. The minimum Gasteiger partial charge on any atom is -0.490 e. The molecule has 1 saturated heterocycles. The van der Waals surface area contributed by atoms with Crippen molar-refractivity contribution < 1.29 is 18.4 Å². The minimum absolute atomic E-state index is 0.0508. The second-order valence-corrected chi connectivity index (χ2v) is 8.08. The van der Waals surface area contributed by atoms with Gasteiger partial charge in [0.15, 0.2) is 17.4 Å². The largest absolute Gasteiger partial charge is 0.490 e. The normalized spacial score (nSPS) is 15.6. The molecule has 5 rings (SSSR count). The van der Waals surface area contributed by atoms with Crippen LogP contribution in [0.3, 0.4) is 0 Å². The van der Waals surface area contributed by atoms with E-state index < -0.39 is 11.9 Å². The molecule has 1 aliphatic rings. The van der Waals surface area contributed by atoms with Gasteiger partial charge in [0.05, 0.1) is 41.9 Å².